The molecular weight excluding hydrogens is 364 g/mol. The molecule has 3 fully saturated rings. The van der Waals surface area contributed by atoms with E-state index in [0.29, 0.717) is 22.7 Å². The minimum atomic E-state index is -0.118. The van der Waals surface area contributed by atoms with Crippen molar-refractivity contribution >= 4 is 0 Å². The molecule has 30 heavy (non-hydrogen) atoms. The van der Waals surface area contributed by atoms with Crippen LogP contribution < -0.4 is 0 Å². The topological polar surface area (TPSA) is 20.2 Å². The van der Waals surface area contributed by atoms with Crippen LogP contribution in [0.5, 0.6) is 0 Å². The first-order chi connectivity index (χ1) is 14.1. The van der Waals surface area contributed by atoms with Crippen molar-refractivity contribution in [2.75, 3.05) is 0 Å². The molecule has 0 heterocycles. The lowest BCUT2D eigenvalue weighted by Gasteiger charge is -2.55. The van der Waals surface area contributed by atoms with E-state index >= 15 is 0 Å². The van der Waals surface area contributed by atoms with Crippen molar-refractivity contribution in [3.05, 3.63) is 34.9 Å². The van der Waals surface area contributed by atoms with Crippen LogP contribution in [0.2, 0.25) is 0 Å². The highest BCUT2D eigenvalue weighted by Gasteiger charge is 2.57. The highest BCUT2D eigenvalue weighted by molar-refractivity contribution is 5.39. The Morgan fingerprint density at radius 1 is 1.00 bits per heavy atom. The summed E-state index contributed by atoms with van der Waals surface area (Å²) < 4.78 is 0. The molecule has 1 heteroatoms. The molecule has 0 aliphatic heterocycles. The molecule has 0 aromatic rings. The van der Waals surface area contributed by atoms with Gasteiger partial charge in [-0.2, -0.15) is 0 Å². The van der Waals surface area contributed by atoms with E-state index in [1.165, 1.54) is 37.7 Å². The van der Waals surface area contributed by atoms with Gasteiger partial charge in [-0.05, 0) is 98.2 Å². The quantitative estimate of drug-likeness (QED) is 0.470. The van der Waals surface area contributed by atoms with Gasteiger partial charge in [0.1, 0.15) is 0 Å². The van der Waals surface area contributed by atoms with E-state index < -0.39 is 0 Å². The van der Waals surface area contributed by atoms with Gasteiger partial charge in [0.05, 0.1) is 6.10 Å². The third-order valence-electron chi connectivity index (χ3n) is 10.5. The van der Waals surface area contributed by atoms with E-state index in [1.807, 2.05) is 0 Å². The largest absolute Gasteiger partial charge is 0.393 e. The predicted molar refractivity (Wildman–Crippen MR) is 128 cm³/mol. The van der Waals surface area contributed by atoms with E-state index in [-0.39, 0.29) is 6.10 Å². The minimum absolute atomic E-state index is 0.118. The molecule has 3 unspecified atom stereocenters. The molecule has 4 aliphatic rings. The van der Waals surface area contributed by atoms with E-state index in [1.54, 1.807) is 11.1 Å². The Kier molecular flexibility index (Phi) is 5.93. The maximum Gasteiger partial charge on any atom is 0.0578 e. The summed E-state index contributed by atoms with van der Waals surface area (Å²) in [5, 5.41) is 10.2. The fourth-order valence-corrected chi connectivity index (χ4v) is 7.92. The van der Waals surface area contributed by atoms with Crippen LogP contribution in [-0.4, -0.2) is 11.2 Å². The van der Waals surface area contributed by atoms with E-state index in [2.05, 4.69) is 66.7 Å². The Labute approximate surface area is 186 Å². The highest BCUT2D eigenvalue weighted by atomic mass is 16.3. The smallest absolute Gasteiger partial charge is 0.0578 e. The molecule has 0 radical (unpaired) electrons. The molecule has 8 atom stereocenters. The van der Waals surface area contributed by atoms with Crippen molar-refractivity contribution in [3.63, 3.8) is 0 Å². The number of aliphatic hydroxyl groups excluding tert-OH is 1. The average Bonchev–Trinajstić information content (AvgIpc) is 3.04. The van der Waals surface area contributed by atoms with Crippen LogP contribution >= 0.6 is 0 Å². The van der Waals surface area contributed by atoms with E-state index in [0.717, 1.165) is 36.5 Å². The Hall–Kier alpha value is -0.820. The van der Waals surface area contributed by atoms with Crippen LogP contribution in [0.3, 0.4) is 0 Å². The first-order valence-electron chi connectivity index (χ1n) is 12.9. The van der Waals surface area contributed by atoms with Crippen molar-refractivity contribution in [3.8, 4) is 0 Å². The summed E-state index contributed by atoms with van der Waals surface area (Å²) in [4.78, 5) is 0. The number of fused-ring (bicyclic) bond motifs is 5. The van der Waals surface area contributed by atoms with Gasteiger partial charge in [0, 0.05) is 0 Å². The van der Waals surface area contributed by atoms with Crippen LogP contribution in [0.25, 0.3) is 0 Å². The lowest BCUT2D eigenvalue weighted by Crippen LogP contribution is -2.46. The highest BCUT2D eigenvalue weighted by Crippen LogP contribution is 2.66. The maximum atomic E-state index is 10.2. The van der Waals surface area contributed by atoms with Crippen LogP contribution in [0, 0.1) is 46.3 Å². The maximum absolute atomic E-state index is 10.2. The third kappa shape index (κ3) is 3.48. The van der Waals surface area contributed by atoms with Crippen molar-refractivity contribution in [1.29, 1.82) is 0 Å². The van der Waals surface area contributed by atoms with Crippen LogP contribution in [0.1, 0.15) is 93.4 Å². The second-order valence-electron chi connectivity index (χ2n) is 12.3. The average molecular weight is 411 g/mol. The molecule has 0 saturated heterocycles. The van der Waals surface area contributed by atoms with Crippen molar-refractivity contribution in [1.82, 2.24) is 0 Å². The lowest BCUT2D eigenvalue weighted by atomic mass is 9.50. The number of rotatable bonds is 4. The monoisotopic (exact) mass is 410 g/mol. The molecule has 1 nitrogen and oxygen atoms in total. The summed E-state index contributed by atoms with van der Waals surface area (Å²) in [6, 6.07) is 0. The molecule has 0 bridgehead atoms. The third-order valence-corrected chi connectivity index (χ3v) is 10.5. The second kappa shape index (κ2) is 7.95. The van der Waals surface area contributed by atoms with Gasteiger partial charge in [0.15, 0.2) is 0 Å². The zero-order valence-corrected chi connectivity index (χ0v) is 20.7. The SMILES string of the molecule is C/C(=C\C(C)C(C)C)[C@@H](C)[C@H]1CCC2C3=CC=C4C[C@@H](O)CC[C@]4(C)C3CC[C@@]21C. The second-order valence-corrected chi connectivity index (χ2v) is 12.3. The van der Waals surface area contributed by atoms with Gasteiger partial charge in [-0.3, -0.25) is 0 Å². The number of hydrogen-bond acceptors (Lipinski definition) is 1. The van der Waals surface area contributed by atoms with E-state index in [4.69, 9.17) is 0 Å². The lowest BCUT2D eigenvalue weighted by molar-refractivity contribution is 0.0372. The Balaban J connectivity index is 1.59. The van der Waals surface area contributed by atoms with Crippen molar-refractivity contribution in [2.45, 2.75) is 99.5 Å². The van der Waals surface area contributed by atoms with E-state index in [9.17, 15) is 5.11 Å². The first-order valence-corrected chi connectivity index (χ1v) is 12.9. The van der Waals surface area contributed by atoms with Crippen molar-refractivity contribution in [2.24, 2.45) is 46.3 Å². The Bertz CT molecular complexity index is 754. The molecule has 0 amide bonds. The van der Waals surface area contributed by atoms with Gasteiger partial charge in [0.25, 0.3) is 0 Å². The summed E-state index contributed by atoms with van der Waals surface area (Å²) in [7, 11) is 0. The molecular formula is C29H46O. The fraction of sp³-hybridized carbons (Fsp3) is 0.793. The fourth-order valence-electron chi connectivity index (χ4n) is 7.92. The molecule has 4 aliphatic carbocycles. The Morgan fingerprint density at radius 3 is 2.43 bits per heavy atom. The summed E-state index contributed by atoms with van der Waals surface area (Å²) in [6.45, 7) is 17.1. The van der Waals surface area contributed by atoms with Crippen LogP contribution in [-0.2, 0) is 0 Å². The number of aliphatic hydroxyl groups is 1. The summed E-state index contributed by atoms with van der Waals surface area (Å²) in [6.07, 6.45) is 15.9. The van der Waals surface area contributed by atoms with Gasteiger partial charge >= 0.3 is 0 Å². The van der Waals surface area contributed by atoms with Gasteiger partial charge in [0.2, 0.25) is 0 Å². The van der Waals surface area contributed by atoms with Gasteiger partial charge in [-0.1, -0.05) is 76.5 Å². The molecule has 0 spiro atoms. The predicted octanol–water partition coefficient (Wildman–Crippen LogP) is 7.72. The summed E-state index contributed by atoms with van der Waals surface area (Å²) in [5.74, 6) is 4.37. The van der Waals surface area contributed by atoms with Gasteiger partial charge < -0.3 is 5.11 Å². The van der Waals surface area contributed by atoms with Gasteiger partial charge in [-0.25, -0.2) is 0 Å². The normalized spacial score (nSPS) is 43.3. The Morgan fingerprint density at radius 2 is 1.73 bits per heavy atom. The number of allylic oxidation sites excluding steroid dienone is 5. The summed E-state index contributed by atoms with van der Waals surface area (Å²) >= 11 is 0. The van der Waals surface area contributed by atoms with Crippen molar-refractivity contribution < 1.29 is 5.11 Å². The van der Waals surface area contributed by atoms with Gasteiger partial charge in [-0.15, -0.1) is 0 Å². The van der Waals surface area contributed by atoms with Crippen LogP contribution in [0.15, 0.2) is 34.9 Å². The summed E-state index contributed by atoms with van der Waals surface area (Å²) in [5.41, 5.74) is 5.68. The molecule has 4 rings (SSSR count). The molecule has 168 valence electrons. The molecule has 0 aromatic heterocycles. The zero-order chi connectivity index (χ0) is 21.8. The molecule has 3 saturated carbocycles. The standard InChI is InChI=1S/C29H46O/c1-18(2)19(3)16-20(4)21(5)25-10-11-26-24-9-8-22-17-23(30)12-14-28(22,6)27(24)13-15-29(25,26)7/h8-9,16,18-19,21,23,25-27,30H,10-15,17H2,1-7H3/b20-16+/t19?,21-,23+,25-,26?,27?,28+,29-/m1/s1. The number of hydrogen-bond donors (Lipinski definition) is 1. The molecule has 0 aromatic carbocycles. The first kappa shape index (κ1) is 22.4. The van der Waals surface area contributed by atoms with Crippen LogP contribution in [0.4, 0.5) is 0 Å². The molecule has 1 N–H and O–H groups in total. The zero-order valence-electron chi connectivity index (χ0n) is 20.7. The minimum Gasteiger partial charge on any atom is -0.393 e.